The minimum atomic E-state index is 0.616. The van der Waals surface area contributed by atoms with Crippen LogP contribution in [-0.4, -0.2) is 26.4 Å². The molecule has 2 aromatic rings. The molecule has 0 spiro atoms. The van der Waals surface area contributed by atoms with Gasteiger partial charge in [0.25, 0.3) is 0 Å². The molecule has 0 saturated heterocycles. The highest BCUT2D eigenvalue weighted by Gasteiger charge is 2.07. The summed E-state index contributed by atoms with van der Waals surface area (Å²) in [5.41, 5.74) is 2.52. The third kappa shape index (κ3) is 1.30. The number of rotatable bonds is 2. The molecule has 0 aliphatic rings. The van der Waals surface area contributed by atoms with Gasteiger partial charge >= 0.3 is 0 Å². The molecule has 0 N–H and O–H groups in total. The van der Waals surface area contributed by atoms with Crippen LogP contribution in [0.1, 0.15) is 18.2 Å². The summed E-state index contributed by atoms with van der Waals surface area (Å²) in [7, 11) is 0. The second kappa shape index (κ2) is 3.25. The van der Waals surface area contributed by atoms with Crippen molar-refractivity contribution in [1.82, 2.24) is 19.8 Å². The number of ether oxygens (including phenoxy) is 1. The largest absolute Gasteiger partial charge is 0.478 e. The Morgan fingerprint density at radius 2 is 2.21 bits per heavy atom. The fourth-order valence-corrected chi connectivity index (χ4v) is 1.29. The van der Waals surface area contributed by atoms with Crippen molar-refractivity contribution >= 4 is 5.65 Å². The van der Waals surface area contributed by atoms with Crippen molar-refractivity contribution in [3.8, 4) is 5.88 Å². The van der Waals surface area contributed by atoms with Crippen molar-refractivity contribution in [3.05, 3.63) is 17.5 Å². The second-order valence-electron chi connectivity index (χ2n) is 3.11. The maximum atomic E-state index is 5.39. The second-order valence-corrected chi connectivity index (χ2v) is 3.11. The van der Waals surface area contributed by atoms with Crippen LogP contribution >= 0.6 is 0 Å². The number of aryl methyl sites for hydroxylation is 2. The molecule has 0 aliphatic carbocycles. The van der Waals surface area contributed by atoms with E-state index in [1.807, 2.05) is 27.0 Å². The van der Waals surface area contributed by atoms with E-state index in [1.165, 1.54) is 0 Å². The zero-order valence-corrected chi connectivity index (χ0v) is 8.48. The van der Waals surface area contributed by atoms with Gasteiger partial charge in [-0.3, -0.25) is 0 Å². The molecule has 2 heterocycles. The van der Waals surface area contributed by atoms with Crippen LogP contribution in [0.25, 0.3) is 5.65 Å². The van der Waals surface area contributed by atoms with E-state index in [-0.39, 0.29) is 0 Å². The lowest BCUT2D eigenvalue weighted by Crippen LogP contribution is -2.00. The van der Waals surface area contributed by atoms with E-state index in [1.54, 1.807) is 4.52 Å². The van der Waals surface area contributed by atoms with Crippen molar-refractivity contribution in [2.24, 2.45) is 0 Å². The molecule has 0 radical (unpaired) electrons. The lowest BCUT2D eigenvalue weighted by Gasteiger charge is -2.05. The van der Waals surface area contributed by atoms with Gasteiger partial charge in [0.05, 0.1) is 6.61 Å². The summed E-state index contributed by atoms with van der Waals surface area (Å²) in [6, 6.07) is 0. The molecule has 0 bridgehead atoms. The molecule has 0 unspecified atom stereocenters. The number of nitrogens with zero attached hydrogens (tertiary/aromatic N) is 4. The standard InChI is InChI=1S/C9H12N4O/c1-4-14-9-6(2)5-13-8(10-9)7(3)11-12-13/h5H,4H2,1-3H3. The molecule has 2 rings (SSSR count). The van der Waals surface area contributed by atoms with Crippen molar-refractivity contribution in [2.45, 2.75) is 20.8 Å². The van der Waals surface area contributed by atoms with Crippen molar-refractivity contribution < 1.29 is 4.74 Å². The predicted octanol–water partition coefficient (Wildman–Crippen LogP) is 1.14. The van der Waals surface area contributed by atoms with Gasteiger partial charge in [-0.1, -0.05) is 5.21 Å². The maximum absolute atomic E-state index is 5.39. The number of hydrogen-bond donors (Lipinski definition) is 0. The lowest BCUT2D eigenvalue weighted by molar-refractivity contribution is 0.324. The summed E-state index contributed by atoms with van der Waals surface area (Å²) in [4.78, 5) is 4.34. The van der Waals surface area contributed by atoms with Crippen LogP contribution in [0, 0.1) is 13.8 Å². The number of hydrogen-bond acceptors (Lipinski definition) is 4. The smallest absolute Gasteiger partial charge is 0.219 e. The van der Waals surface area contributed by atoms with Crippen molar-refractivity contribution in [1.29, 1.82) is 0 Å². The van der Waals surface area contributed by atoms with Gasteiger partial charge in [-0.2, -0.15) is 4.98 Å². The molecule has 0 amide bonds. The first kappa shape index (κ1) is 8.93. The lowest BCUT2D eigenvalue weighted by atomic mass is 10.3. The summed E-state index contributed by atoms with van der Waals surface area (Å²) in [6.07, 6.45) is 1.87. The quantitative estimate of drug-likeness (QED) is 0.716. The molecule has 14 heavy (non-hydrogen) atoms. The maximum Gasteiger partial charge on any atom is 0.219 e. The molecule has 0 aliphatic heterocycles. The Hall–Kier alpha value is -1.65. The fourth-order valence-electron chi connectivity index (χ4n) is 1.29. The van der Waals surface area contributed by atoms with E-state index in [2.05, 4.69) is 15.3 Å². The van der Waals surface area contributed by atoms with E-state index in [4.69, 9.17) is 4.74 Å². The monoisotopic (exact) mass is 192 g/mol. The minimum Gasteiger partial charge on any atom is -0.478 e. The topological polar surface area (TPSA) is 52.3 Å². The molecule has 74 valence electrons. The molecular weight excluding hydrogens is 180 g/mol. The van der Waals surface area contributed by atoms with E-state index < -0.39 is 0 Å². The molecular formula is C9H12N4O. The van der Waals surface area contributed by atoms with Gasteiger partial charge in [0.1, 0.15) is 5.69 Å². The van der Waals surface area contributed by atoms with Crippen LogP contribution in [0.15, 0.2) is 6.20 Å². The van der Waals surface area contributed by atoms with Crippen LogP contribution in [0.2, 0.25) is 0 Å². The van der Waals surface area contributed by atoms with Gasteiger partial charge in [-0.05, 0) is 20.8 Å². The Labute approximate surface area is 81.7 Å². The van der Waals surface area contributed by atoms with Gasteiger partial charge < -0.3 is 4.74 Å². The first-order valence-corrected chi connectivity index (χ1v) is 4.54. The first-order chi connectivity index (χ1) is 6.72. The van der Waals surface area contributed by atoms with Gasteiger partial charge in [-0.15, -0.1) is 5.10 Å². The average Bonchev–Trinajstić information content (AvgIpc) is 2.49. The Balaban J connectivity index is 2.61. The SMILES string of the molecule is CCOc1nc2c(C)nnn2cc1C. The summed E-state index contributed by atoms with van der Waals surface area (Å²) in [6.45, 7) is 6.37. The van der Waals surface area contributed by atoms with E-state index in [0.717, 1.165) is 16.9 Å². The average molecular weight is 192 g/mol. The van der Waals surface area contributed by atoms with Crippen LogP contribution in [0.5, 0.6) is 5.88 Å². The number of fused-ring (bicyclic) bond motifs is 1. The van der Waals surface area contributed by atoms with Crippen LogP contribution in [-0.2, 0) is 0 Å². The van der Waals surface area contributed by atoms with Crippen molar-refractivity contribution in [3.63, 3.8) is 0 Å². The molecule has 5 nitrogen and oxygen atoms in total. The highest BCUT2D eigenvalue weighted by molar-refractivity contribution is 5.45. The third-order valence-corrected chi connectivity index (χ3v) is 1.97. The molecule has 5 heteroatoms. The summed E-state index contributed by atoms with van der Waals surface area (Å²) < 4.78 is 7.05. The summed E-state index contributed by atoms with van der Waals surface area (Å²) in [5, 5.41) is 7.86. The van der Waals surface area contributed by atoms with E-state index >= 15 is 0 Å². The fraction of sp³-hybridized carbons (Fsp3) is 0.444. The van der Waals surface area contributed by atoms with E-state index in [0.29, 0.717) is 12.5 Å². The zero-order chi connectivity index (χ0) is 10.1. The molecule has 0 saturated carbocycles. The predicted molar refractivity (Wildman–Crippen MR) is 51.4 cm³/mol. The van der Waals surface area contributed by atoms with Gasteiger partial charge in [-0.25, -0.2) is 4.52 Å². The van der Waals surface area contributed by atoms with Gasteiger partial charge in [0.2, 0.25) is 5.88 Å². The Morgan fingerprint density at radius 3 is 2.93 bits per heavy atom. The summed E-state index contributed by atoms with van der Waals surface area (Å²) >= 11 is 0. The highest BCUT2D eigenvalue weighted by Crippen LogP contribution is 2.16. The van der Waals surface area contributed by atoms with E-state index in [9.17, 15) is 0 Å². The Bertz CT molecular complexity index is 463. The van der Waals surface area contributed by atoms with Gasteiger partial charge in [0.15, 0.2) is 5.65 Å². The highest BCUT2D eigenvalue weighted by atomic mass is 16.5. The zero-order valence-electron chi connectivity index (χ0n) is 8.48. The molecule has 0 aromatic carbocycles. The summed E-state index contributed by atoms with van der Waals surface area (Å²) in [5.74, 6) is 0.658. The van der Waals surface area contributed by atoms with Crippen molar-refractivity contribution in [2.75, 3.05) is 6.61 Å². The molecule has 2 aromatic heterocycles. The first-order valence-electron chi connectivity index (χ1n) is 4.54. The number of aromatic nitrogens is 4. The normalized spacial score (nSPS) is 10.8. The third-order valence-electron chi connectivity index (χ3n) is 1.97. The Kier molecular flexibility index (Phi) is 2.07. The molecule has 0 fully saturated rings. The van der Waals surface area contributed by atoms with Crippen LogP contribution in [0.4, 0.5) is 0 Å². The van der Waals surface area contributed by atoms with Crippen LogP contribution < -0.4 is 4.74 Å². The van der Waals surface area contributed by atoms with Gasteiger partial charge in [0, 0.05) is 11.8 Å². The Morgan fingerprint density at radius 1 is 1.43 bits per heavy atom. The van der Waals surface area contributed by atoms with Crippen LogP contribution in [0.3, 0.4) is 0 Å². The molecule has 0 atom stereocenters. The minimum absolute atomic E-state index is 0.616.